The molecule has 0 bridgehead atoms. The summed E-state index contributed by atoms with van der Waals surface area (Å²) in [6, 6.07) is 0. The fourth-order valence-corrected chi connectivity index (χ4v) is 8.93. The highest BCUT2D eigenvalue weighted by atomic mass is 31.2. The quantitative estimate of drug-likeness (QED) is 0.0195. The van der Waals surface area contributed by atoms with E-state index >= 15 is 0 Å². The number of unbranched alkanes of at least 4 members (excludes halogenated alkanes) is 25. The second kappa shape index (κ2) is 55.7. The van der Waals surface area contributed by atoms with Gasteiger partial charge < -0.3 is 27.9 Å². The Bertz CT molecular complexity index is 1590. The summed E-state index contributed by atoms with van der Waals surface area (Å²) < 4.78 is 34.2. The van der Waals surface area contributed by atoms with Crippen LogP contribution in [0, 0.1) is 0 Å². The number of quaternary nitrogens is 1. The number of carbonyl (C=O) groups excluding carboxylic acids is 2. The maximum absolute atomic E-state index is 12.8. The maximum Gasteiger partial charge on any atom is 0.306 e. The molecule has 0 aliphatic rings. The van der Waals surface area contributed by atoms with Gasteiger partial charge in [-0.05, 0) is 77.0 Å². The van der Waals surface area contributed by atoms with Crippen LogP contribution in [-0.2, 0) is 32.7 Å². The van der Waals surface area contributed by atoms with E-state index in [4.69, 9.17) is 18.5 Å². The molecular weight excluding hydrogens is 954 g/mol. The largest absolute Gasteiger partial charge is 0.756 e. The highest BCUT2D eigenvalue weighted by Crippen LogP contribution is 2.38. The molecule has 2 atom stereocenters. The molecule has 0 aromatic carbocycles. The zero-order valence-corrected chi connectivity index (χ0v) is 49.9. The molecule has 0 spiro atoms. The number of allylic oxidation sites excluding steroid dienone is 16. The molecule has 0 saturated heterocycles. The van der Waals surface area contributed by atoms with Gasteiger partial charge in [-0.3, -0.25) is 14.2 Å². The minimum atomic E-state index is -4.65. The Hall–Kier alpha value is -3.07. The third-order valence-corrected chi connectivity index (χ3v) is 13.8. The Kier molecular flexibility index (Phi) is 53.4. The average Bonchev–Trinajstić information content (AvgIpc) is 3.37. The minimum absolute atomic E-state index is 0.0374. The van der Waals surface area contributed by atoms with Crippen LogP contribution in [0.15, 0.2) is 97.2 Å². The molecule has 0 rings (SSSR count). The molecule has 0 aromatic rings. The molecule has 10 heteroatoms. The molecule has 0 N–H and O–H groups in total. The van der Waals surface area contributed by atoms with Crippen LogP contribution in [0.25, 0.3) is 0 Å². The minimum Gasteiger partial charge on any atom is -0.756 e. The molecule has 0 fully saturated rings. The van der Waals surface area contributed by atoms with Crippen LogP contribution >= 0.6 is 7.82 Å². The third-order valence-electron chi connectivity index (χ3n) is 12.9. The van der Waals surface area contributed by atoms with Crippen molar-refractivity contribution in [1.29, 1.82) is 0 Å². The Morgan fingerprint density at radius 2 is 0.760 bits per heavy atom. The standard InChI is InChI=1S/C65H114NO8P/c1-6-8-10-12-14-16-18-20-22-24-26-28-29-30-31-32-33-34-35-36-37-38-40-42-44-46-48-50-52-54-56-58-65(68)74-63(62-73-75(69,70)72-60-59-66(3,4)5)61-71-64(67)57-55-53-51-49-47-45-43-41-39-27-25-23-21-19-17-15-13-11-9-7-2/h8,10,14,16,20,22,26,28,30-31,33-34,36-37,40,42,63H,6-7,9,11-13,15,17-19,21,23-25,27,29,32,35,38-39,41,43-62H2,1-5H3/b10-8-,16-14-,22-20-,28-26-,31-30-,34-33-,37-36-,42-40-. The molecule has 432 valence electrons. The van der Waals surface area contributed by atoms with Gasteiger partial charge in [-0.1, -0.05) is 259 Å². The van der Waals surface area contributed by atoms with Crippen molar-refractivity contribution in [2.75, 3.05) is 47.5 Å². The number of phosphoric ester groups is 1. The van der Waals surface area contributed by atoms with Gasteiger partial charge in [0.2, 0.25) is 0 Å². The van der Waals surface area contributed by atoms with Crippen molar-refractivity contribution < 1.29 is 42.1 Å². The Labute approximate surface area is 462 Å². The fourth-order valence-electron chi connectivity index (χ4n) is 8.20. The fraction of sp³-hybridized carbons (Fsp3) is 0.723. The van der Waals surface area contributed by atoms with Gasteiger partial charge in [0, 0.05) is 12.8 Å². The molecule has 9 nitrogen and oxygen atoms in total. The van der Waals surface area contributed by atoms with Gasteiger partial charge in [0.05, 0.1) is 27.7 Å². The maximum atomic E-state index is 12.8. The molecule has 0 heterocycles. The lowest BCUT2D eigenvalue weighted by Crippen LogP contribution is -2.37. The van der Waals surface area contributed by atoms with E-state index in [1.165, 1.54) is 109 Å². The number of phosphoric acid groups is 1. The summed E-state index contributed by atoms with van der Waals surface area (Å²) in [4.78, 5) is 37.9. The molecule has 0 aromatic heterocycles. The van der Waals surface area contributed by atoms with Crippen molar-refractivity contribution in [1.82, 2.24) is 0 Å². The van der Waals surface area contributed by atoms with E-state index in [-0.39, 0.29) is 32.0 Å². The van der Waals surface area contributed by atoms with Crippen molar-refractivity contribution >= 4 is 19.8 Å². The van der Waals surface area contributed by atoms with E-state index in [0.717, 1.165) is 109 Å². The first-order valence-electron chi connectivity index (χ1n) is 30.4. The van der Waals surface area contributed by atoms with Crippen LogP contribution in [-0.4, -0.2) is 70.0 Å². The molecule has 0 aliphatic carbocycles. The van der Waals surface area contributed by atoms with Crippen LogP contribution in [0.2, 0.25) is 0 Å². The first kappa shape index (κ1) is 71.9. The SMILES string of the molecule is CC/C=C\C/C=C\C/C=C\C/C=C\C/C=C\C/C=C\C/C=C\C/C=C\CCCCCCCCC(=O)OC(COC(=O)CCCCCCCCCCCCCCCCCCCCCC)COP(=O)([O-])OCC[N+](C)(C)C. The van der Waals surface area contributed by atoms with E-state index in [0.29, 0.717) is 17.4 Å². The molecule has 0 saturated carbocycles. The van der Waals surface area contributed by atoms with Crippen molar-refractivity contribution in [3.05, 3.63) is 97.2 Å². The molecular formula is C65H114NO8P. The lowest BCUT2D eigenvalue weighted by molar-refractivity contribution is -0.870. The van der Waals surface area contributed by atoms with Crippen LogP contribution in [0.1, 0.15) is 251 Å². The number of likely N-dealkylation sites (N-methyl/N-ethyl adjacent to an activating group) is 1. The normalized spacial score (nSPS) is 13.9. The Morgan fingerprint density at radius 3 is 1.13 bits per heavy atom. The number of hydrogen-bond acceptors (Lipinski definition) is 8. The lowest BCUT2D eigenvalue weighted by atomic mass is 10.0. The topological polar surface area (TPSA) is 111 Å². The first-order chi connectivity index (χ1) is 36.5. The lowest BCUT2D eigenvalue weighted by Gasteiger charge is -2.28. The monoisotopic (exact) mass is 1070 g/mol. The third kappa shape index (κ3) is 60.0. The Balaban J connectivity index is 4.20. The van der Waals surface area contributed by atoms with E-state index < -0.39 is 26.5 Å². The highest BCUT2D eigenvalue weighted by Gasteiger charge is 2.22. The van der Waals surface area contributed by atoms with E-state index in [2.05, 4.69) is 111 Å². The Morgan fingerprint density at radius 1 is 0.427 bits per heavy atom. The highest BCUT2D eigenvalue weighted by molar-refractivity contribution is 7.45. The van der Waals surface area contributed by atoms with Crippen molar-refractivity contribution in [3.63, 3.8) is 0 Å². The summed E-state index contributed by atoms with van der Waals surface area (Å²) in [6.07, 6.45) is 76.0. The predicted molar refractivity (Wildman–Crippen MR) is 319 cm³/mol. The predicted octanol–water partition coefficient (Wildman–Crippen LogP) is 18.6. The van der Waals surface area contributed by atoms with Gasteiger partial charge >= 0.3 is 11.9 Å². The van der Waals surface area contributed by atoms with Crippen LogP contribution in [0.4, 0.5) is 0 Å². The number of esters is 2. The molecule has 0 radical (unpaired) electrons. The smallest absolute Gasteiger partial charge is 0.306 e. The summed E-state index contributed by atoms with van der Waals surface area (Å²) in [5.41, 5.74) is 0. The average molecular weight is 1070 g/mol. The van der Waals surface area contributed by atoms with Crippen LogP contribution in [0.3, 0.4) is 0 Å². The van der Waals surface area contributed by atoms with Gasteiger partial charge in [0.25, 0.3) is 7.82 Å². The van der Waals surface area contributed by atoms with Gasteiger partial charge in [0.1, 0.15) is 19.8 Å². The van der Waals surface area contributed by atoms with Gasteiger partial charge in [0.15, 0.2) is 6.10 Å². The summed E-state index contributed by atoms with van der Waals surface area (Å²) in [5.74, 6) is -0.847. The number of hydrogen-bond donors (Lipinski definition) is 0. The van der Waals surface area contributed by atoms with E-state index in [9.17, 15) is 19.0 Å². The van der Waals surface area contributed by atoms with Gasteiger partial charge in [-0.2, -0.15) is 0 Å². The van der Waals surface area contributed by atoms with Crippen LogP contribution in [0.5, 0.6) is 0 Å². The molecule has 2 unspecified atom stereocenters. The van der Waals surface area contributed by atoms with Gasteiger partial charge in [-0.15, -0.1) is 0 Å². The summed E-state index contributed by atoms with van der Waals surface area (Å²) >= 11 is 0. The number of carbonyl (C=O) groups is 2. The summed E-state index contributed by atoms with van der Waals surface area (Å²) in [5, 5.41) is 0. The number of nitrogens with zero attached hydrogens (tertiary/aromatic N) is 1. The molecule has 0 aliphatic heterocycles. The van der Waals surface area contributed by atoms with E-state index in [1.807, 2.05) is 21.1 Å². The van der Waals surface area contributed by atoms with Crippen molar-refractivity contribution in [3.8, 4) is 0 Å². The summed E-state index contributed by atoms with van der Waals surface area (Å²) in [6.45, 7) is 4.12. The van der Waals surface area contributed by atoms with E-state index in [1.54, 1.807) is 0 Å². The van der Waals surface area contributed by atoms with Crippen molar-refractivity contribution in [2.24, 2.45) is 0 Å². The number of rotatable bonds is 55. The van der Waals surface area contributed by atoms with Gasteiger partial charge in [-0.25, -0.2) is 0 Å². The molecule has 0 amide bonds. The second-order valence-corrected chi connectivity index (χ2v) is 22.8. The first-order valence-corrected chi connectivity index (χ1v) is 31.9. The van der Waals surface area contributed by atoms with Crippen molar-refractivity contribution in [2.45, 2.75) is 258 Å². The summed E-state index contributed by atoms with van der Waals surface area (Å²) in [7, 11) is 1.15. The van der Waals surface area contributed by atoms with Crippen LogP contribution < -0.4 is 4.89 Å². The second-order valence-electron chi connectivity index (χ2n) is 21.3. The zero-order chi connectivity index (χ0) is 54.9. The molecule has 75 heavy (non-hydrogen) atoms. The number of ether oxygens (including phenoxy) is 2. The zero-order valence-electron chi connectivity index (χ0n) is 49.0.